The van der Waals surface area contributed by atoms with E-state index in [1.807, 2.05) is 0 Å². The molecule has 0 aromatic heterocycles. The SMILES string of the molecule is COCOc1cc(F)ccc1-c1ccc(NC(=O)O)c(N)c1. The van der Waals surface area contributed by atoms with E-state index in [0.717, 1.165) is 0 Å². The summed E-state index contributed by atoms with van der Waals surface area (Å²) in [5, 5.41) is 10.9. The molecule has 6 nitrogen and oxygen atoms in total. The van der Waals surface area contributed by atoms with Crippen LogP contribution >= 0.6 is 0 Å². The van der Waals surface area contributed by atoms with E-state index in [2.05, 4.69) is 5.32 Å². The molecule has 1 amide bonds. The zero-order valence-electron chi connectivity index (χ0n) is 11.8. The summed E-state index contributed by atoms with van der Waals surface area (Å²) in [5.74, 6) is -0.132. The third-order valence-corrected chi connectivity index (χ3v) is 2.88. The van der Waals surface area contributed by atoms with Crippen molar-refractivity contribution < 1.29 is 23.8 Å². The third-order valence-electron chi connectivity index (χ3n) is 2.88. The number of methoxy groups -OCH3 is 1. The van der Waals surface area contributed by atoms with E-state index in [1.54, 1.807) is 18.2 Å². The lowest BCUT2D eigenvalue weighted by Crippen LogP contribution is -2.09. The number of nitrogens with one attached hydrogen (secondary N) is 1. The van der Waals surface area contributed by atoms with Crippen molar-refractivity contribution in [1.82, 2.24) is 0 Å². The van der Waals surface area contributed by atoms with E-state index in [-0.39, 0.29) is 18.2 Å². The summed E-state index contributed by atoms with van der Waals surface area (Å²) in [5.41, 5.74) is 7.63. The Labute approximate surface area is 126 Å². The van der Waals surface area contributed by atoms with Crippen molar-refractivity contribution in [1.29, 1.82) is 0 Å². The fraction of sp³-hybridized carbons (Fsp3) is 0.133. The van der Waals surface area contributed by atoms with Gasteiger partial charge < -0.3 is 20.3 Å². The Bertz CT molecular complexity index is 691. The van der Waals surface area contributed by atoms with Crippen LogP contribution in [0.5, 0.6) is 5.75 Å². The number of hydrogen-bond donors (Lipinski definition) is 3. The van der Waals surface area contributed by atoms with Gasteiger partial charge in [-0.15, -0.1) is 0 Å². The van der Waals surface area contributed by atoms with Crippen LogP contribution < -0.4 is 15.8 Å². The minimum Gasteiger partial charge on any atom is -0.467 e. The van der Waals surface area contributed by atoms with Gasteiger partial charge in [-0.25, -0.2) is 9.18 Å². The van der Waals surface area contributed by atoms with E-state index < -0.39 is 11.9 Å². The first kappa shape index (κ1) is 15.6. The van der Waals surface area contributed by atoms with Gasteiger partial charge in [0.25, 0.3) is 0 Å². The van der Waals surface area contributed by atoms with Gasteiger partial charge in [0, 0.05) is 18.7 Å². The molecule has 0 aliphatic rings. The van der Waals surface area contributed by atoms with E-state index in [4.69, 9.17) is 20.3 Å². The first-order valence-corrected chi connectivity index (χ1v) is 6.32. The highest BCUT2D eigenvalue weighted by Crippen LogP contribution is 2.34. The Morgan fingerprint density at radius 2 is 2.09 bits per heavy atom. The number of hydrogen-bond acceptors (Lipinski definition) is 4. The van der Waals surface area contributed by atoms with E-state index in [0.29, 0.717) is 16.9 Å². The minimum absolute atomic E-state index is 0.0232. The molecule has 0 unspecified atom stereocenters. The molecule has 0 radical (unpaired) electrons. The highest BCUT2D eigenvalue weighted by molar-refractivity contribution is 5.89. The van der Waals surface area contributed by atoms with Gasteiger partial charge in [0.05, 0.1) is 11.4 Å². The maximum Gasteiger partial charge on any atom is 0.409 e. The highest BCUT2D eigenvalue weighted by Gasteiger charge is 2.11. The van der Waals surface area contributed by atoms with Gasteiger partial charge in [-0.1, -0.05) is 6.07 Å². The van der Waals surface area contributed by atoms with E-state index in [9.17, 15) is 9.18 Å². The van der Waals surface area contributed by atoms with Crippen LogP contribution in [0.4, 0.5) is 20.6 Å². The average Bonchev–Trinajstić information content (AvgIpc) is 2.47. The van der Waals surface area contributed by atoms with Gasteiger partial charge in [-0.3, -0.25) is 5.32 Å². The lowest BCUT2D eigenvalue weighted by atomic mass is 10.0. The van der Waals surface area contributed by atoms with Gasteiger partial charge >= 0.3 is 6.09 Å². The largest absolute Gasteiger partial charge is 0.467 e. The number of carbonyl (C=O) groups is 1. The minimum atomic E-state index is -1.20. The Hall–Kier alpha value is -2.80. The van der Waals surface area contributed by atoms with Crippen LogP contribution in [-0.2, 0) is 4.74 Å². The Kier molecular flexibility index (Phi) is 4.80. The quantitative estimate of drug-likeness (QED) is 0.583. The number of anilines is 2. The molecule has 0 aliphatic carbocycles. The summed E-state index contributed by atoms with van der Waals surface area (Å²) < 4.78 is 23.5. The summed E-state index contributed by atoms with van der Waals surface area (Å²) in [6.45, 7) is -0.0232. The maximum absolute atomic E-state index is 13.4. The van der Waals surface area contributed by atoms with Crippen molar-refractivity contribution in [3.63, 3.8) is 0 Å². The van der Waals surface area contributed by atoms with Crippen LogP contribution in [0.25, 0.3) is 11.1 Å². The Balaban J connectivity index is 2.39. The van der Waals surface area contributed by atoms with Crippen molar-refractivity contribution >= 4 is 17.5 Å². The van der Waals surface area contributed by atoms with Crippen LogP contribution in [0, 0.1) is 5.82 Å². The second-order valence-corrected chi connectivity index (χ2v) is 4.42. The summed E-state index contributed by atoms with van der Waals surface area (Å²) >= 11 is 0. The molecule has 4 N–H and O–H groups in total. The highest BCUT2D eigenvalue weighted by atomic mass is 19.1. The van der Waals surface area contributed by atoms with Crippen LogP contribution in [0.2, 0.25) is 0 Å². The summed E-state index contributed by atoms with van der Waals surface area (Å²) in [6.07, 6.45) is -1.20. The number of rotatable bonds is 5. The predicted molar refractivity (Wildman–Crippen MR) is 80.4 cm³/mol. The second kappa shape index (κ2) is 6.77. The normalized spacial score (nSPS) is 10.3. The molecule has 2 aromatic rings. The van der Waals surface area contributed by atoms with Crippen LogP contribution in [0.1, 0.15) is 0 Å². The average molecular weight is 306 g/mol. The molecule has 0 saturated heterocycles. The molecule has 22 heavy (non-hydrogen) atoms. The molecule has 7 heteroatoms. The van der Waals surface area contributed by atoms with E-state index >= 15 is 0 Å². The fourth-order valence-electron chi connectivity index (χ4n) is 1.94. The Morgan fingerprint density at radius 1 is 1.32 bits per heavy atom. The lowest BCUT2D eigenvalue weighted by molar-refractivity contribution is 0.0513. The molecule has 0 fully saturated rings. The van der Waals surface area contributed by atoms with Gasteiger partial charge in [0.15, 0.2) is 6.79 Å². The van der Waals surface area contributed by atoms with Crippen molar-refractivity contribution in [2.24, 2.45) is 0 Å². The van der Waals surface area contributed by atoms with Crippen LogP contribution in [0.15, 0.2) is 36.4 Å². The molecule has 0 saturated carbocycles. The number of benzene rings is 2. The lowest BCUT2D eigenvalue weighted by Gasteiger charge is -2.13. The molecule has 0 bridgehead atoms. The molecule has 2 rings (SSSR count). The monoisotopic (exact) mass is 306 g/mol. The van der Waals surface area contributed by atoms with Crippen LogP contribution in [0.3, 0.4) is 0 Å². The number of nitrogens with two attached hydrogens (primary N) is 1. The summed E-state index contributed by atoms with van der Waals surface area (Å²) in [6, 6.07) is 8.87. The van der Waals surface area contributed by atoms with Gasteiger partial charge in [-0.2, -0.15) is 0 Å². The van der Waals surface area contributed by atoms with Gasteiger partial charge in [-0.05, 0) is 29.8 Å². The topological polar surface area (TPSA) is 93.8 Å². The second-order valence-electron chi connectivity index (χ2n) is 4.42. The zero-order valence-corrected chi connectivity index (χ0v) is 11.8. The first-order valence-electron chi connectivity index (χ1n) is 6.32. The standard InChI is InChI=1S/C15H15FN2O4/c1-21-8-22-14-7-10(16)3-4-11(14)9-2-5-13(12(17)6-9)18-15(19)20/h2-7,18H,8,17H2,1H3,(H,19,20). The molecule has 0 spiro atoms. The number of nitrogen functional groups attached to an aromatic ring is 1. The number of halogens is 1. The van der Waals surface area contributed by atoms with Crippen molar-refractivity contribution in [3.05, 3.63) is 42.2 Å². The Morgan fingerprint density at radius 3 is 2.73 bits per heavy atom. The summed E-state index contributed by atoms with van der Waals surface area (Å²) in [7, 11) is 1.46. The molecular formula is C15H15FN2O4. The molecule has 116 valence electrons. The van der Waals surface area contributed by atoms with E-state index in [1.165, 1.54) is 25.3 Å². The van der Waals surface area contributed by atoms with Gasteiger partial charge in [0.2, 0.25) is 0 Å². The molecule has 2 aromatic carbocycles. The molecular weight excluding hydrogens is 291 g/mol. The fourth-order valence-corrected chi connectivity index (χ4v) is 1.94. The van der Waals surface area contributed by atoms with Gasteiger partial charge in [0.1, 0.15) is 11.6 Å². The van der Waals surface area contributed by atoms with Crippen LogP contribution in [-0.4, -0.2) is 25.1 Å². The smallest absolute Gasteiger partial charge is 0.409 e. The van der Waals surface area contributed by atoms with Crippen molar-refractivity contribution in [2.45, 2.75) is 0 Å². The maximum atomic E-state index is 13.4. The summed E-state index contributed by atoms with van der Waals surface area (Å²) in [4.78, 5) is 10.6. The molecule has 0 aliphatic heterocycles. The van der Waals surface area contributed by atoms with Crippen molar-refractivity contribution in [3.8, 4) is 16.9 Å². The third kappa shape index (κ3) is 3.64. The predicted octanol–water partition coefficient (Wildman–Crippen LogP) is 3.15. The molecule has 0 atom stereocenters. The number of ether oxygens (including phenoxy) is 2. The number of carboxylic acid groups (broad SMARTS) is 1. The first-order chi connectivity index (χ1) is 10.5. The zero-order chi connectivity index (χ0) is 16.1. The molecule has 0 heterocycles. The van der Waals surface area contributed by atoms with Crippen molar-refractivity contribution in [2.75, 3.05) is 25.0 Å². The number of amides is 1.